The molecule has 13 aromatic carbocycles. The van der Waals surface area contributed by atoms with Crippen molar-refractivity contribution in [3.05, 3.63) is 336 Å². The van der Waals surface area contributed by atoms with Crippen LogP contribution in [0.15, 0.2) is 291 Å². The summed E-state index contributed by atoms with van der Waals surface area (Å²) in [6.45, 7) is 9.08. The van der Waals surface area contributed by atoms with E-state index in [4.69, 9.17) is 26.0 Å². The molecule has 139 heavy (non-hydrogen) atoms. The molecule has 2 fully saturated rings. The Balaban J connectivity index is 0.000000134. The third-order valence-corrected chi connectivity index (χ3v) is 23.7. The number of hydrogen-bond acceptors (Lipinski definition) is 16. The van der Waals surface area contributed by atoms with Gasteiger partial charge >= 0.3 is 0 Å². The number of rotatable bonds is 25. The maximum absolute atomic E-state index is 12.6. The normalized spacial score (nSPS) is 12.2. The van der Waals surface area contributed by atoms with Gasteiger partial charge in [0.05, 0.1) is 83.7 Å². The minimum Gasteiger partial charge on any atom is -0.497 e. The van der Waals surface area contributed by atoms with Gasteiger partial charge in [-0.3, -0.25) is 38.4 Å². The molecule has 2 saturated carbocycles. The lowest BCUT2D eigenvalue weighted by molar-refractivity contribution is -0.121. The highest BCUT2D eigenvalue weighted by Crippen LogP contribution is 2.34. The molecular formula is C110H98N18O11. The van der Waals surface area contributed by atoms with Crippen LogP contribution in [0, 0.1) is 29.7 Å². The number of anilines is 8. The van der Waals surface area contributed by atoms with Crippen LogP contribution in [0.2, 0.25) is 0 Å². The topological polar surface area (TPSA) is 403 Å². The molecule has 4 aromatic heterocycles. The summed E-state index contributed by atoms with van der Waals surface area (Å²) < 4.78 is 15.4. The first-order valence-electron chi connectivity index (χ1n) is 45.5. The molecule has 12 N–H and O–H groups in total. The maximum atomic E-state index is 12.6. The number of ether oxygens (including phenoxy) is 3. The summed E-state index contributed by atoms with van der Waals surface area (Å²) in [5.41, 5.74) is 19.2. The third-order valence-electron chi connectivity index (χ3n) is 23.7. The van der Waals surface area contributed by atoms with Gasteiger partial charge in [0.25, 0.3) is 29.5 Å². The van der Waals surface area contributed by atoms with E-state index in [9.17, 15) is 38.4 Å². The van der Waals surface area contributed by atoms with Gasteiger partial charge in [0.15, 0.2) is 5.69 Å². The summed E-state index contributed by atoms with van der Waals surface area (Å²) in [6, 6.07) is 88.0. The first-order chi connectivity index (χ1) is 67.7. The Hall–Kier alpha value is -18.1. The summed E-state index contributed by atoms with van der Waals surface area (Å²) >= 11 is 0. The SMILES string of the molecule is CCCCC(=O)Nc1ccc2nc(-c3ccc(NC(=O)c4ccc(OC)cc4)cc3)[nH]c2c1.COc1ccc(C(=O)Nc2ccc(-c3nc4ccc(NC(=O)C5CCCC5)cc4[nH]3)cc2)cc1.COc1ccc(C(=O)Nc2ccc(-c3nc4ccc(NC(=O)C5CCCCC5)cc4[nH]3)cc2)cc1.[C-]#[N+]c1ccc(C(=O)Nc2ccc3nc(-c4ccc(NC(=O)c5ccc(C#N)cc5)cc4)[nH]c3c2)cc1. The zero-order chi connectivity index (χ0) is 96.7. The molecule has 19 rings (SSSR count). The van der Waals surface area contributed by atoms with E-state index in [1.165, 1.54) is 6.42 Å². The van der Waals surface area contributed by atoms with Crippen LogP contribution < -0.4 is 56.7 Å². The van der Waals surface area contributed by atoms with Gasteiger partial charge in [-0.1, -0.05) is 69.7 Å². The van der Waals surface area contributed by atoms with Gasteiger partial charge in [0.2, 0.25) is 17.7 Å². The molecule has 2 aliphatic carbocycles. The summed E-state index contributed by atoms with van der Waals surface area (Å²) in [5.74, 6) is 4.28. The lowest BCUT2D eigenvalue weighted by atomic mass is 9.88. The second kappa shape index (κ2) is 44.6. The minimum atomic E-state index is -0.269. The minimum absolute atomic E-state index is 0.0169. The number of hydrogen-bond donors (Lipinski definition) is 12. The Morgan fingerprint density at radius 2 is 0.597 bits per heavy atom. The van der Waals surface area contributed by atoms with Gasteiger partial charge in [-0.05, 0) is 299 Å². The van der Waals surface area contributed by atoms with Crippen LogP contribution in [0.4, 0.5) is 51.2 Å². The molecule has 0 unspecified atom stereocenters. The first-order valence-corrected chi connectivity index (χ1v) is 45.5. The predicted molar refractivity (Wildman–Crippen MR) is 543 cm³/mol. The van der Waals surface area contributed by atoms with Gasteiger partial charge in [0.1, 0.15) is 40.5 Å². The second-order valence-corrected chi connectivity index (χ2v) is 33.3. The quantitative estimate of drug-likeness (QED) is 0.0237. The first kappa shape index (κ1) is 94.1. The number of aromatic nitrogens is 8. The van der Waals surface area contributed by atoms with E-state index in [-0.39, 0.29) is 59.1 Å². The Morgan fingerprint density at radius 1 is 0.338 bits per heavy atom. The van der Waals surface area contributed by atoms with Crippen molar-refractivity contribution in [2.75, 3.05) is 63.9 Å². The Bertz CT molecular complexity index is 7380. The number of nitriles is 1. The van der Waals surface area contributed by atoms with E-state index in [1.807, 2.05) is 158 Å². The smallest absolute Gasteiger partial charge is 0.255 e. The van der Waals surface area contributed by atoms with Crippen molar-refractivity contribution in [2.45, 2.75) is 84.0 Å². The molecule has 0 aliphatic heterocycles. The van der Waals surface area contributed by atoms with E-state index in [2.05, 4.69) is 94.2 Å². The van der Waals surface area contributed by atoms with Crippen molar-refractivity contribution >= 4 is 143 Å². The molecule has 694 valence electrons. The summed E-state index contributed by atoms with van der Waals surface area (Å²) in [4.78, 5) is 135. The molecule has 0 spiro atoms. The largest absolute Gasteiger partial charge is 0.497 e. The van der Waals surface area contributed by atoms with E-state index < -0.39 is 0 Å². The molecular weight excluding hydrogens is 1750 g/mol. The van der Waals surface area contributed by atoms with Gasteiger partial charge in [-0.25, -0.2) is 24.8 Å². The molecule has 2 aliphatic rings. The van der Waals surface area contributed by atoms with Gasteiger partial charge in [-0.15, -0.1) is 0 Å². The highest BCUT2D eigenvalue weighted by molar-refractivity contribution is 6.08. The number of fused-ring (bicyclic) bond motifs is 4. The maximum Gasteiger partial charge on any atom is 0.255 e. The average Bonchev–Trinajstić information content (AvgIpc) is 1.67. The van der Waals surface area contributed by atoms with Gasteiger partial charge in [-0.2, -0.15) is 5.26 Å². The Morgan fingerprint density at radius 3 is 0.878 bits per heavy atom. The molecule has 0 saturated heterocycles. The molecule has 4 heterocycles. The Labute approximate surface area is 800 Å². The zero-order valence-corrected chi connectivity index (χ0v) is 76.5. The summed E-state index contributed by atoms with van der Waals surface area (Å²) in [5, 5.41) is 32.3. The molecule has 8 amide bonds. The number of amides is 8. The van der Waals surface area contributed by atoms with Crippen LogP contribution in [0.5, 0.6) is 17.2 Å². The highest BCUT2D eigenvalue weighted by atomic mass is 16.5. The lowest BCUT2D eigenvalue weighted by Gasteiger charge is -2.20. The molecule has 17 aromatic rings. The van der Waals surface area contributed by atoms with Crippen molar-refractivity contribution in [1.82, 2.24) is 39.9 Å². The summed E-state index contributed by atoms with van der Waals surface area (Å²) in [7, 11) is 4.77. The molecule has 0 atom stereocenters. The molecule has 0 bridgehead atoms. The van der Waals surface area contributed by atoms with Gasteiger partial charge in [0, 0.05) is 114 Å². The predicted octanol–water partition coefficient (Wildman–Crippen LogP) is 23.4. The zero-order valence-electron chi connectivity index (χ0n) is 76.5. The van der Waals surface area contributed by atoms with E-state index in [0.717, 1.165) is 159 Å². The summed E-state index contributed by atoms with van der Waals surface area (Å²) in [6.07, 6.45) is 12.0. The number of H-pyrrole nitrogens is 4. The highest BCUT2D eigenvalue weighted by Gasteiger charge is 2.25. The van der Waals surface area contributed by atoms with E-state index in [0.29, 0.717) is 103 Å². The third kappa shape index (κ3) is 24.5. The molecule has 29 heteroatoms. The van der Waals surface area contributed by atoms with Crippen molar-refractivity contribution in [3.63, 3.8) is 0 Å². The van der Waals surface area contributed by atoms with E-state index in [1.54, 1.807) is 161 Å². The number of methoxy groups -OCH3 is 3. The monoisotopic (exact) mass is 1850 g/mol. The number of imidazole rings is 4. The van der Waals surface area contributed by atoms with Crippen LogP contribution in [-0.4, -0.2) is 108 Å². The van der Waals surface area contributed by atoms with Crippen LogP contribution in [0.3, 0.4) is 0 Å². The van der Waals surface area contributed by atoms with Crippen LogP contribution in [-0.2, 0) is 14.4 Å². The van der Waals surface area contributed by atoms with Crippen molar-refractivity contribution in [3.8, 4) is 68.9 Å². The fourth-order valence-corrected chi connectivity index (χ4v) is 16.0. The standard InChI is InChI=1S/C29H18N6O2.C28H28N4O3.C27H26N4O3.C26H26N4O3/c1-31-22-10-8-21(9-11-22)29(37)33-24-14-15-25-26(16-24)35-27(34-25)19-6-12-23(13-7-19)32-28(36)20-4-2-18(17-30)3-5-20;1-35-23-14-9-20(10-15-23)28(34)29-21-11-7-18(8-12-21)26-31-24-16-13-22(17-25(24)32-26)30-27(33)19-5-3-2-4-6-19;1-34-22-13-8-19(9-14-22)27(33)28-20-10-6-17(7-11-20)25-30-23-15-12-21(16-24(23)31-25)29-26(32)18-4-2-3-5-18;1-3-4-5-24(31)27-20-12-15-22-23(16-20)30-25(29-22)17-6-10-19(11-7-17)28-26(32)18-8-13-21(33-2)14-9-18/h2-16H,(H,32,36)(H,33,37)(H,34,35);7-17,19H,2-6H2,1H3,(H,29,34)(H,30,33)(H,31,32);6-16,18H,2-5H2,1H3,(H,28,33)(H,29,32)(H,30,31);6-16H,3-5H2,1-2H3,(H,27,31)(H,28,32)(H,29,30). The van der Waals surface area contributed by atoms with Crippen molar-refractivity contribution in [1.29, 1.82) is 5.26 Å². The number of aromatic amines is 4. The molecule has 0 radical (unpaired) electrons. The fraction of sp³-hybridized carbons (Fsp3) is 0.164. The Kier molecular flexibility index (Phi) is 30.2. The number of nitrogens with zero attached hydrogens (tertiary/aromatic N) is 6. The van der Waals surface area contributed by atoms with Crippen molar-refractivity contribution in [2.24, 2.45) is 11.8 Å². The van der Waals surface area contributed by atoms with Crippen LogP contribution in [0.25, 0.3) is 94.5 Å². The van der Waals surface area contributed by atoms with Crippen molar-refractivity contribution < 1.29 is 52.6 Å². The molecule has 29 nitrogen and oxygen atoms in total. The average molecular weight is 1850 g/mol. The second-order valence-electron chi connectivity index (χ2n) is 33.3. The number of unbranched alkanes of at least 4 members (excludes halogenated alkanes) is 1. The number of benzene rings is 13. The van der Waals surface area contributed by atoms with Crippen LogP contribution >= 0.6 is 0 Å². The number of carbonyl (C=O) groups is 8. The number of carbonyl (C=O) groups excluding carboxylic acids is 8. The fourth-order valence-electron chi connectivity index (χ4n) is 16.0. The van der Waals surface area contributed by atoms with E-state index >= 15 is 0 Å². The number of nitrogens with one attached hydrogen (secondary N) is 12. The van der Waals surface area contributed by atoms with Gasteiger partial charge < -0.3 is 76.7 Å². The van der Waals surface area contributed by atoms with Crippen LogP contribution in [0.1, 0.15) is 141 Å². The lowest BCUT2D eigenvalue weighted by Crippen LogP contribution is -2.24.